The lowest BCUT2D eigenvalue weighted by Gasteiger charge is -2.33. The first-order chi connectivity index (χ1) is 14.4. The highest BCUT2D eigenvalue weighted by Gasteiger charge is 2.47. The Morgan fingerprint density at radius 2 is 2.00 bits per heavy atom. The van der Waals surface area contributed by atoms with Gasteiger partial charge < -0.3 is 15.7 Å². The number of hydrogen-bond acceptors (Lipinski definition) is 6. The first-order valence-electron chi connectivity index (χ1n) is 10.7. The van der Waals surface area contributed by atoms with Crippen LogP contribution in [0.5, 0.6) is 0 Å². The summed E-state index contributed by atoms with van der Waals surface area (Å²) in [6, 6.07) is 4.17. The Morgan fingerprint density at radius 1 is 1.20 bits per heavy atom. The summed E-state index contributed by atoms with van der Waals surface area (Å²) in [7, 11) is 0. The van der Waals surface area contributed by atoms with E-state index in [1.165, 1.54) is 0 Å². The van der Waals surface area contributed by atoms with Crippen LogP contribution in [0.15, 0.2) is 18.2 Å². The number of carbonyl (C=O) groups is 4. The highest BCUT2D eigenvalue weighted by molar-refractivity contribution is 6.22. The Morgan fingerprint density at radius 3 is 2.73 bits per heavy atom. The summed E-state index contributed by atoms with van der Waals surface area (Å²) in [6.45, 7) is 2.10. The van der Waals surface area contributed by atoms with Gasteiger partial charge in [-0.2, -0.15) is 0 Å². The number of nitrogens with zero attached hydrogens (tertiary/aromatic N) is 1. The largest absolute Gasteiger partial charge is 0.372 e. The van der Waals surface area contributed by atoms with E-state index in [0.717, 1.165) is 29.7 Å². The minimum Gasteiger partial charge on any atom is -0.372 e. The van der Waals surface area contributed by atoms with Gasteiger partial charge in [0.15, 0.2) is 5.78 Å². The zero-order valence-electron chi connectivity index (χ0n) is 17.0. The van der Waals surface area contributed by atoms with Gasteiger partial charge in [-0.1, -0.05) is 31.9 Å². The van der Waals surface area contributed by atoms with Crippen LogP contribution in [0.3, 0.4) is 0 Å². The van der Waals surface area contributed by atoms with Crippen LogP contribution < -0.4 is 10.6 Å². The number of fused-ring (bicyclic) bond motifs is 1. The normalized spacial score (nSPS) is 27.8. The molecule has 0 spiro atoms. The van der Waals surface area contributed by atoms with Crippen LogP contribution in [0, 0.1) is 0 Å². The lowest BCUT2D eigenvalue weighted by molar-refractivity contribution is -0.129. The number of aliphatic hydroxyl groups excluding tert-OH is 1. The van der Waals surface area contributed by atoms with E-state index in [4.69, 9.17) is 0 Å². The van der Waals surface area contributed by atoms with Crippen LogP contribution >= 0.6 is 0 Å². The number of piperidine rings is 1. The van der Waals surface area contributed by atoms with E-state index in [0.29, 0.717) is 24.0 Å². The maximum absolute atomic E-state index is 13.1. The molecule has 3 unspecified atom stereocenters. The molecule has 2 fully saturated rings. The zero-order valence-corrected chi connectivity index (χ0v) is 17.0. The number of nitrogens with one attached hydrogen (secondary N) is 2. The molecule has 0 bridgehead atoms. The van der Waals surface area contributed by atoms with Gasteiger partial charge in [0.05, 0.1) is 23.2 Å². The fourth-order valence-corrected chi connectivity index (χ4v) is 4.50. The van der Waals surface area contributed by atoms with Crippen molar-refractivity contribution in [3.8, 4) is 0 Å². The van der Waals surface area contributed by atoms with E-state index in [9.17, 15) is 24.3 Å². The van der Waals surface area contributed by atoms with Crippen molar-refractivity contribution in [3.05, 3.63) is 34.9 Å². The quantitative estimate of drug-likeness (QED) is 0.330. The second kappa shape index (κ2) is 8.28. The van der Waals surface area contributed by atoms with Gasteiger partial charge in [-0.15, -0.1) is 0 Å². The van der Waals surface area contributed by atoms with Crippen LogP contribution in [0.1, 0.15) is 71.7 Å². The zero-order chi connectivity index (χ0) is 21.4. The van der Waals surface area contributed by atoms with E-state index < -0.39 is 24.1 Å². The molecule has 0 saturated carbocycles. The summed E-state index contributed by atoms with van der Waals surface area (Å²) in [5.41, 5.74) is 1.38. The molecular formula is C22H27N3O5. The minimum absolute atomic E-state index is 0.0258. The van der Waals surface area contributed by atoms with Crippen molar-refractivity contribution in [1.82, 2.24) is 15.5 Å². The Hall–Kier alpha value is -2.58. The molecule has 2 saturated heterocycles. The third kappa shape index (κ3) is 3.77. The number of Topliss-reactive ketones (excluding diaryl/α,β-unsaturated/α-hetero) is 1. The average molecular weight is 413 g/mol. The van der Waals surface area contributed by atoms with Crippen LogP contribution in [-0.2, 0) is 16.0 Å². The molecule has 3 amide bonds. The fourth-order valence-electron chi connectivity index (χ4n) is 4.50. The van der Waals surface area contributed by atoms with Crippen molar-refractivity contribution in [2.45, 2.75) is 76.2 Å². The smallest absolute Gasteiger partial charge is 0.262 e. The summed E-state index contributed by atoms with van der Waals surface area (Å²) in [5, 5.41) is 15.8. The summed E-state index contributed by atoms with van der Waals surface area (Å²) in [6.07, 6.45) is 3.15. The van der Waals surface area contributed by atoms with Crippen molar-refractivity contribution in [1.29, 1.82) is 0 Å². The van der Waals surface area contributed by atoms with Gasteiger partial charge in [-0.3, -0.25) is 24.1 Å². The number of hydrogen-bond donors (Lipinski definition) is 3. The number of amides is 3. The molecule has 8 nitrogen and oxygen atoms in total. The minimum atomic E-state index is -1.27. The maximum Gasteiger partial charge on any atom is 0.262 e. The van der Waals surface area contributed by atoms with E-state index in [2.05, 4.69) is 17.6 Å². The standard InChI is InChI=1S/C22H27N3O5/c1-2-3-4-8-16(26)19-14(23-19)11-12-6-5-7-13-18(12)22(30)25(21(13)29)15-9-10-17(27)24-20(15)28/h5-7,14-15,19-20,23,28H,2-4,8-11H2,1H3,(H,24,27)/t14-,15?,19?,20?/m1/s1. The Kier molecular flexibility index (Phi) is 5.71. The number of aliphatic hydroxyl groups is 1. The molecule has 1 aromatic rings. The predicted molar refractivity (Wildman–Crippen MR) is 108 cm³/mol. The SMILES string of the molecule is CCCCCC(=O)C1N[C@@H]1Cc1cccc2c1C(=O)N(C1CCC(=O)NC1O)C2=O. The van der Waals surface area contributed by atoms with E-state index >= 15 is 0 Å². The molecule has 0 radical (unpaired) electrons. The van der Waals surface area contributed by atoms with Crippen molar-refractivity contribution in [2.24, 2.45) is 0 Å². The topological polar surface area (TPSA) is 126 Å². The van der Waals surface area contributed by atoms with Gasteiger partial charge in [-0.05, 0) is 30.9 Å². The van der Waals surface area contributed by atoms with Gasteiger partial charge >= 0.3 is 0 Å². The summed E-state index contributed by atoms with van der Waals surface area (Å²) >= 11 is 0. The second-order valence-electron chi connectivity index (χ2n) is 8.32. The van der Waals surface area contributed by atoms with Crippen molar-refractivity contribution in [2.75, 3.05) is 0 Å². The van der Waals surface area contributed by atoms with Crippen molar-refractivity contribution in [3.63, 3.8) is 0 Å². The van der Waals surface area contributed by atoms with Crippen LogP contribution in [0.25, 0.3) is 0 Å². The molecule has 4 rings (SSSR count). The third-order valence-electron chi connectivity index (χ3n) is 6.21. The highest BCUT2D eigenvalue weighted by Crippen LogP contribution is 2.32. The molecule has 0 aromatic heterocycles. The van der Waals surface area contributed by atoms with Crippen LogP contribution in [0.2, 0.25) is 0 Å². The molecule has 3 N–H and O–H groups in total. The van der Waals surface area contributed by atoms with Gasteiger partial charge in [0, 0.05) is 18.9 Å². The number of carbonyl (C=O) groups excluding carboxylic acids is 4. The Labute approximate surface area is 175 Å². The average Bonchev–Trinajstić information content (AvgIpc) is 3.43. The third-order valence-corrected chi connectivity index (χ3v) is 6.21. The maximum atomic E-state index is 13.1. The predicted octanol–water partition coefficient (Wildman–Crippen LogP) is 0.912. The molecule has 8 heteroatoms. The summed E-state index contributed by atoms with van der Waals surface area (Å²) < 4.78 is 0. The van der Waals surface area contributed by atoms with E-state index in [1.807, 2.05) is 6.07 Å². The first-order valence-corrected chi connectivity index (χ1v) is 10.7. The molecule has 1 aromatic carbocycles. The molecule has 3 aliphatic heterocycles. The van der Waals surface area contributed by atoms with Gasteiger partial charge in [0.1, 0.15) is 6.23 Å². The van der Waals surface area contributed by atoms with Gasteiger partial charge in [-0.25, -0.2) is 0 Å². The lowest BCUT2D eigenvalue weighted by Crippen LogP contribution is -2.57. The van der Waals surface area contributed by atoms with E-state index in [1.54, 1.807) is 12.1 Å². The molecule has 0 aliphatic carbocycles. The molecule has 30 heavy (non-hydrogen) atoms. The molecule has 160 valence electrons. The van der Waals surface area contributed by atoms with Crippen LogP contribution in [0.4, 0.5) is 0 Å². The Bertz CT molecular complexity index is 899. The fraction of sp³-hybridized carbons (Fsp3) is 0.545. The molecule has 3 aliphatic rings. The van der Waals surface area contributed by atoms with E-state index in [-0.39, 0.29) is 36.6 Å². The monoisotopic (exact) mass is 413 g/mol. The summed E-state index contributed by atoms with van der Waals surface area (Å²) in [5.74, 6) is -0.998. The van der Waals surface area contributed by atoms with Crippen molar-refractivity contribution < 1.29 is 24.3 Å². The summed E-state index contributed by atoms with van der Waals surface area (Å²) in [4.78, 5) is 50.9. The highest BCUT2D eigenvalue weighted by atomic mass is 16.3. The second-order valence-corrected chi connectivity index (χ2v) is 8.32. The molecule has 4 atom stereocenters. The van der Waals surface area contributed by atoms with Gasteiger partial charge in [0.25, 0.3) is 11.8 Å². The number of unbranched alkanes of at least 4 members (excludes halogenated alkanes) is 2. The van der Waals surface area contributed by atoms with Gasteiger partial charge in [0.2, 0.25) is 5.91 Å². The number of imide groups is 1. The first kappa shape index (κ1) is 20.7. The number of ketones is 1. The molecular weight excluding hydrogens is 386 g/mol. The number of benzene rings is 1. The lowest BCUT2D eigenvalue weighted by atomic mass is 9.97. The Balaban J connectivity index is 1.48. The van der Waals surface area contributed by atoms with Crippen molar-refractivity contribution >= 4 is 23.5 Å². The number of rotatable bonds is 8. The van der Waals surface area contributed by atoms with Crippen LogP contribution in [-0.4, -0.2) is 57.9 Å². The molecule has 3 heterocycles.